The molecular formula is C18H15N3S. The summed E-state index contributed by atoms with van der Waals surface area (Å²) >= 11 is 1.60. The Morgan fingerprint density at radius 3 is 2.55 bits per heavy atom. The Kier molecular flexibility index (Phi) is 3.90. The third-order valence-corrected chi connectivity index (χ3v) is 4.37. The van der Waals surface area contributed by atoms with Crippen molar-refractivity contribution < 1.29 is 0 Å². The highest BCUT2D eigenvalue weighted by atomic mass is 32.1. The fourth-order valence-electron chi connectivity index (χ4n) is 2.18. The molecular weight excluding hydrogens is 290 g/mol. The normalized spacial score (nSPS) is 11.0. The van der Waals surface area contributed by atoms with Crippen LogP contribution in [0.5, 0.6) is 0 Å². The second-order valence-corrected chi connectivity index (χ2v) is 6.20. The topological polar surface area (TPSA) is 39.9 Å². The van der Waals surface area contributed by atoms with Crippen molar-refractivity contribution in [1.82, 2.24) is 4.98 Å². The first-order valence-corrected chi connectivity index (χ1v) is 7.74. The van der Waals surface area contributed by atoms with Crippen molar-refractivity contribution in [2.45, 2.75) is 0 Å². The Morgan fingerprint density at radius 2 is 1.86 bits per heavy atom. The van der Waals surface area contributed by atoms with E-state index in [-0.39, 0.29) is 0 Å². The largest absolute Gasteiger partial charge is 0.378 e. The fraction of sp³-hybridized carbons (Fsp3) is 0.111. The van der Waals surface area contributed by atoms with Crippen molar-refractivity contribution in [2.75, 3.05) is 19.0 Å². The van der Waals surface area contributed by atoms with Gasteiger partial charge in [-0.15, -0.1) is 11.3 Å². The molecule has 1 aromatic heterocycles. The predicted octanol–water partition coefficient (Wildman–Crippen LogP) is 4.40. The number of hydrogen-bond donors (Lipinski definition) is 0. The maximum Gasteiger partial charge on any atom is 0.117 e. The molecule has 0 radical (unpaired) electrons. The third kappa shape index (κ3) is 2.85. The Balaban J connectivity index is 1.88. The molecule has 0 aliphatic heterocycles. The van der Waals surface area contributed by atoms with E-state index in [1.807, 2.05) is 38.4 Å². The quantitative estimate of drug-likeness (QED) is 0.720. The average molecular weight is 305 g/mol. The van der Waals surface area contributed by atoms with E-state index in [0.29, 0.717) is 5.56 Å². The molecule has 0 atom stereocenters. The lowest BCUT2D eigenvalue weighted by molar-refractivity contribution is 1.13. The van der Waals surface area contributed by atoms with Gasteiger partial charge in [-0.3, -0.25) is 0 Å². The first kappa shape index (κ1) is 14.3. The fourth-order valence-corrected chi connectivity index (χ4v) is 3.08. The summed E-state index contributed by atoms with van der Waals surface area (Å²) in [4.78, 5) is 6.62. The number of para-hydroxylation sites is 1. The highest BCUT2D eigenvalue weighted by Gasteiger charge is 2.05. The molecule has 108 valence electrons. The molecule has 0 amide bonds. The maximum atomic E-state index is 9.12. The van der Waals surface area contributed by atoms with Crippen LogP contribution in [0.1, 0.15) is 16.1 Å². The minimum atomic E-state index is 0.628. The van der Waals surface area contributed by atoms with Gasteiger partial charge in [0.05, 0.1) is 15.8 Å². The van der Waals surface area contributed by atoms with E-state index in [4.69, 9.17) is 5.26 Å². The van der Waals surface area contributed by atoms with E-state index in [2.05, 4.69) is 40.2 Å². The summed E-state index contributed by atoms with van der Waals surface area (Å²) in [6.07, 6.45) is 4.04. The molecule has 0 spiro atoms. The molecule has 1 heterocycles. The lowest BCUT2D eigenvalue weighted by Gasteiger charge is -2.11. The molecule has 3 aromatic rings. The van der Waals surface area contributed by atoms with Crippen molar-refractivity contribution >= 4 is 39.4 Å². The van der Waals surface area contributed by atoms with Gasteiger partial charge in [0.1, 0.15) is 11.1 Å². The van der Waals surface area contributed by atoms with Crippen molar-refractivity contribution in [2.24, 2.45) is 0 Å². The van der Waals surface area contributed by atoms with E-state index in [0.717, 1.165) is 20.8 Å². The van der Waals surface area contributed by atoms with Crippen LogP contribution in [-0.2, 0) is 0 Å². The van der Waals surface area contributed by atoms with E-state index in [1.54, 1.807) is 17.4 Å². The highest BCUT2D eigenvalue weighted by Crippen LogP contribution is 2.26. The summed E-state index contributed by atoms with van der Waals surface area (Å²) < 4.78 is 1.04. The summed E-state index contributed by atoms with van der Waals surface area (Å²) in [5.41, 5.74) is 3.72. The van der Waals surface area contributed by atoms with Crippen molar-refractivity contribution in [1.29, 1.82) is 5.26 Å². The molecule has 0 aliphatic rings. The van der Waals surface area contributed by atoms with E-state index in [1.165, 1.54) is 5.69 Å². The van der Waals surface area contributed by atoms with Gasteiger partial charge in [0.15, 0.2) is 0 Å². The average Bonchev–Trinajstić information content (AvgIpc) is 2.96. The number of nitriles is 1. The van der Waals surface area contributed by atoms with Crippen molar-refractivity contribution in [3.63, 3.8) is 0 Å². The minimum Gasteiger partial charge on any atom is -0.378 e. The number of nitrogens with zero attached hydrogens (tertiary/aromatic N) is 3. The number of rotatable bonds is 3. The van der Waals surface area contributed by atoms with Crippen LogP contribution in [0.3, 0.4) is 0 Å². The molecule has 4 heteroatoms. The zero-order valence-corrected chi connectivity index (χ0v) is 13.3. The lowest BCUT2D eigenvalue weighted by Crippen LogP contribution is -2.07. The smallest absolute Gasteiger partial charge is 0.117 e. The number of benzene rings is 2. The van der Waals surface area contributed by atoms with Gasteiger partial charge in [-0.05, 0) is 35.9 Å². The van der Waals surface area contributed by atoms with Gasteiger partial charge in [-0.25, -0.2) is 4.98 Å². The van der Waals surface area contributed by atoms with Crippen LogP contribution in [-0.4, -0.2) is 19.1 Å². The van der Waals surface area contributed by atoms with Crippen LogP contribution < -0.4 is 4.90 Å². The standard InChI is InChI=1S/C18H15N3S/c1-21(2)15-9-6-13(7-10-15)8-11-17-20-18-14(12-19)4-3-5-16(18)22-17/h3-11H,1-2H3. The summed E-state index contributed by atoms with van der Waals surface area (Å²) in [5, 5.41) is 10.0. The van der Waals surface area contributed by atoms with Gasteiger partial charge in [-0.1, -0.05) is 24.3 Å². The molecule has 0 saturated heterocycles. The Labute approximate surface area is 133 Å². The van der Waals surface area contributed by atoms with Crippen molar-refractivity contribution in [3.05, 3.63) is 58.6 Å². The van der Waals surface area contributed by atoms with Crippen LogP contribution >= 0.6 is 11.3 Å². The van der Waals surface area contributed by atoms with Gasteiger partial charge < -0.3 is 4.90 Å². The van der Waals surface area contributed by atoms with Crippen molar-refractivity contribution in [3.8, 4) is 6.07 Å². The van der Waals surface area contributed by atoms with E-state index >= 15 is 0 Å². The number of hydrogen-bond acceptors (Lipinski definition) is 4. The van der Waals surface area contributed by atoms with Crippen LogP contribution in [0.2, 0.25) is 0 Å². The Bertz CT molecular complexity index is 867. The summed E-state index contributed by atoms with van der Waals surface area (Å²) in [6, 6.07) is 16.2. The molecule has 0 unspecified atom stereocenters. The number of aromatic nitrogens is 1. The molecule has 3 rings (SSSR count). The lowest BCUT2D eigenvalue weighted by atomic mass is 10.2. The number of thiazole rings is 1. The molecule has 3 nitrogen and oxygen atoms in total. The number of anilines is 1. The Morgan fingerprint density at radius 1 is 1.09 bits per heavy atom. The highest BCUT2D eigenvalue weighted by molar-refractivity contribution is 7.19. The third-order valence-electron chi connectivity index (χ3n) is 3.38. The first-order chi connectivity index (χ1) is 10.7. The zero-order chi connectivity index (χ0) is 15.5. The molecule has 22 heavy (non-hydrogen) atoms. The molecule has 0 bridgehead atoms. The number of fused-ring (bicyclic) bond motifs is 1. The molecule has 0 fully saturated rings. The second kappa shape index (κ2) is 6.00. The summed E-state index contributed by atoms with van der Waals surface area (Å²) in [5.74, 6) is 0. The van der Waals surface area contributed by atoms with Crippen LogP contribution in [0.25, 0.3) is 22.4 Å². The van der Waals surface area contributed by atoms with Crippen LogP contribution in [0.15, 0.2) is 42.5 Å². The van der Waals surface area contributed by atoms with Gasteiger partial charge in [0.25, 0.3) is 0 Å². The van der Waals surface area contributed by atoms with Crippen LogP contribution in [0.4, 0.5) is 5.69 Å². The summed E-state index contributed by atoms with van der Waals surface area (Å²) in [7, 11) is 4.05. The summed E-state index contributed by atoms with van der Waals surface area (Å²) in [6.45, 7) is 0. The molecule has 2 aromatic carbocycles. The van der Waals surface area contributed by atoms with Gasteiger partial charge in [0, 0.05) is 19.8 Å². The van der Waals surface area contributed by atoms with E-state index < -0.39 is 0 Å². The Hall–Kier alpha value is -2.64. The van der Waals surface area contributed by atoms with Crippen LogP contribution in [0, 0.1) is 11.3 Å². The predicted molar refractivity (Wildman–Crippen MR) is 94.0 cm³/mol. The minimum absolute atomic E-state index is 0.628. The maximum absolute atomic E-state index is 9.12. The monoisotopic (exact) mass is 305 g/mol. The van der Waals surface area contributed by atoms with Gasteiger partial charge in [-0.2, -0.15) is 5.26 Å². The van der Waals surface area contributed by atoms with Gasteiger partial charge >= 0.3 is 0 Å². The zero-order valence-electron chi connectivity index (χ0n) is 12.4. The molecule has 0 N–H and O–H groups in total. The molecule has 0 aliphatic carbocycles. The van der Waals surface area contributed by atoms with E-state index in [9.17, 15) is 0 Å². The molecule has 0 saturated carbocycles. The second-order valence-electron chi connectivity index (χ2n) is 5.14. The first-order valence-electron chi connectivity index (χ1n) is 6.92. The van der Waals surface area contributed by atoms with Gasteiger partial charge in [0.2, 0.25) is 0 Å². The SMILES string of the molecule is CN(C)c1ccc(C=Cc2nc3c(C#N)cccc3s2)cc1.